The molecule has 0 amide bonds. The van der Waals surface area contributed by atoms with E-state index in [0.717, 1.165) is 18.8 Å². The molecule has 2 aliphatic rings. The van der Waals surface area contributed by atoms with Crippen molar-refractivity contribution in [1.82, 2.24) is 4.90 Å². The molecule has 2 N–H and O–H groups in total. The Morgan fingerprint density at radius 3 is 2.83 bits per heavy atom. The fraction of sp³-hybridized carbons (Fsp3) is 1.00. The summed E-state index contributed by atoms with van der Waals surface area (Å²) in [4.78, 5) is 2.09. The van der Waals surface area contributed by atoms with Gasteiger partial charge >= 0.3 is 0 Å². The van der Waals surface area contributed by atoms with Crippen LogP contribution in [0.25, 0.3) is 0 Å². The zero-order chi connectivity index (χ0) is 13.2. The molecule has 7 heteroatoms. The van der Waals surface area contributed by atoms with E-state index in [1.807, 2.05) is 0 Å². The van der Waals surface area contributed by atoms with E-state index in [1.54, 1.807) is 18.7 Å². The molecule has 2 saturated heterocycles. The number of nitrogens with zero attached hydrogens (tertiary/aromatic N) is 1. The Labute approximate surface area is 113 Å². The molecule has 0 aliphatic carbocycles. The van der Waals surface area contributed by atoms with Gasteiger partial charge in [0.25, 0.3) is 0 Å². The van der Waals surface area contributed by atoms with Crippen LogP contribution in [0.1, 0.15) is 6.92 Å². The molecular weight excluding hydrogens is 272 g/mol. The van der Waals surface area contributed by atoms with Gasteiger partial charge in [-0.3, -0.25) is 4.90 Å². The van der Waals surface area contributed by atoms with Gasteiger partial charge in [0.2, 0.25) is 0 Å². The number of ether oxygens (including phenoxy) is 1. The smallest absolute Gasteiger partial charge is 0.166 e. The van der Waals surface area contributed by atoms with Gasteiger partial charge in [-0.25, -0.2) is 8.42 Å². The molecule has 2 aliphatic heterocycles. The number of hydrogen-bond acceptors (Lipinski definition) is 6. The van der Waals surface area contributed by atoms with Crippen LogP contribution >= 0.6 is 11.8 Å². The highest BCUT2D eigenvalue weighted by Gasteiger charge is 2.36. The highest BCUT2D eigenvalue weighted by Crippen LogP contribution is 2.24. The number of nitrogens with two attached hydrogens (primary N) is 1. The maximum Gasteiger partial charge on any atom is 0.166 e. The molecular formula is C11H22N2O3S2. The fourth-order valence-electron chi connectivity index (χ4n) is 2.45. The van der Waals surface area contributed by atoms with Crippen LogP contribution in [0.3, 0.4) is 0 Å². The van der Waals surface area contributed by atoms with E-state index in [2.05, 4.69) is 4.90 Å². The van der Waals surface area contributed by atoms with Crippen LogP contribution in [0.4, 0.5) is 0 Å². The molecule has 0 saturated carbocycles. The maximum atomic E-state index is 12.1. The zero-order valence-corrected chi connectivity index (χ0v) is 12.4. The van der Waals surface area contributed by atoms with E-state index in [1.165, 1.54) is 0 Å². The zero-order valence-electron chi connectivity index (χ0n) is 10.7. The lowest BCUT2D eigenvalue weighted by Gasteiger charge is -2.36. The summed E-state index contributed by atoms with van der Waals surface area (Å²) in [6.07, 6.45) is 0. The highest BCUT2D eigenvalue weighted by molar-refractivity contribution is 8.01. The predicted octanol–water partition coefficient (Wildman–Crippen LogP) is -0.230. The van der Waals surface area contributed by atoms with Crippen molar-refractivity contribution in [2.75, 3.05) is 43.6 Å². The maximum absolute atomic E-state index is 12.1. The summed E-state index contributed by atoms with van der Waals surface area (Å²) >= 11 is 1.72. The van der Waals surface area contributed by atoms with Gasteiger partial charge in [-0.05, 0) is 0 Å². The van der Waals surface area contributed by atoms with Crippen molar-refractivity contribution < 1.29 is 13.2 Å². The molecule has 106 valence electrons. The van der Waals surface area contributed by atoms with E-state index in [0.29, 0.717) is 19.0 Å². The van der Waals surface area contributed by atoms with Gasteiger partial charge in [0.15, 0.2) is 9.84 Å². The second-order valence-electron chi connectivity index (χ2n) is 4.94. The number of thioether (sulfide) groups is 1. The topological polar surface area (TPSA) is 72.6 Å². The summed E-state index contributed by atoms with van der Waals surface area (Å²) in [5, 5.41) is -0.339. The lowest BCUT2D eigenvalue weighted by Crippen LogP contribution is -2.51. The number of hydrogen-bond donors (Lipinski definition) is 1. The second kappa shape index (κ2) is 6.09. The molecule has 3 unspecified atom stereocenters. The lowest BCUT2D eigenvalue weighted by molar-refractivity contribution is 0.165. The summed E-state index contributed by atoms with van der Waals surface area (Å²) in [5.41, 5.74) is 5.98. The molecule has 0 spiro atoms. The summed E-state index contributed by atoms with van der Waals surface area (Å²) in [6.45, 7) is 4.54. The molecule has 0 aromatic rings. The molecule has 2 heterocycles. The Morgan fingerprint density at radius 1 is 1.44 bits per heavy atom. The Kier molecular flexibility index (Phi) is 4.93. The lowest BCUT2D eigenvalue weighted by atomic mass is 10.0. The minimum absolute atomic E-state index is 0.0459. The van der Waals surface area contributed by atoms with Crippen LogP contribution in [0.2, 0.25) is 0 Å². The average molecular weight is 294 g/mol. The first-order valence-corrected chi connectivity index (χ1v) is 9.28. The second-order valence-corrected chi connectivity index (χ2v) is 8.53. The third-order valence-corrected chi connectivity index (χ3v) is 7.06. The van der Waals surface area contributed by atoms with E-state index >= 15 is 0 Å². The van der Waals surface area contributed by atoms with Gasteiger partial charge in [0.05, 0.1) is 13.2 Å². The summed E-state index contributed by atoms with van der Waals surface area (Å²) < 4.78 is 29.6. The van der Waals surface area contributed by atoms with Crippen molar-refractivity contribution in [3.8, 4) is 0 Å². The monoisotopic (exact) mass is 294 g/mol. The average Bonchev–Trinajstić information content (AvgIpc) is 2.76. The highest BCUT2D eigenvalue weighted by atomic mass is 32.2. The molecule has 0 aromatic carbocycles. The van der Waals surface area contributed by atoms with E-state index in [4.69, 9.17) is 10.5 Å². The third-order valence-electron chi connectivity index (χ3n) is 3.72. The molecule has 5 nitrogen and oxygen atoms in total. The normalized spacial score (nSPS) is 34.9. The van der Waals surface area contributed by atoms with Crippen LogP contribution in [0, 0.1) is 5.92 Å². The first-order valence-electron chi connectivity index (χ1n) is 6.41. The van der Waals surface area contributed by atoms with Crippen LogP contribution in [0.5, 0.6) is 0 Å². The Bertz CT molecular complexity index is 374. The number of rotatable bonds is 4. The van der Waals surface area contributed by atoms with Crippen molar-refractivity contribution in [3.63, 3.8) is 0 Å². The predicted molar refractivity (Wildman–Crippen MR) is 74.4 cm³/mol. The standard InChI is InChI=1S/C11H22N2O3S2/c1-2-18(14,15)11-8-17-4-3-13(11)5-9-6-16-7-10(9)12/h9-11H,2-8,12H2,1H3. The molecule has 0 radical (unpaired) electrons. The van der Waals surface area contributed by atoms with Gasteiger partial charge in [0.1, 0.15) is 5.37 Å². The van der Waals surface area contributed by atoms with Crippen molar-refractivity contribution >= 4 is 21.6 Å². The minimum atomic E-state index is -3.01. The molecule has 18 heavy (non-hydrogen) atoms. The summed E-state index contributed by atoms with van der Waals surface area (Å²) in [6, 6.07) is 0.0459. The van der Waals surface area contributed by atoms with Gasteiger partial charge in [0, 0.05) is 42.3 Å². The quantitative estimate of drug-likeness (QED) is 0.772. The van der Waals surface area contributed by atoms with Gasteiger partial charge in [-0.2, -0.15) is 11.8 Å². The SMILES string of the molecule is CCS(=O)(=O)C1CSCCN1CC1COCC1N. The van der Waals surface area contributed by atoms with E-state index in [-0.39, 0.29) is 23.1 Å². The van der Waals surface area contributed by atoms with Crippen molar-refractivity contribution in [2.24, 2.45) is 11.7 Å². The van der Waals surface area contributed by atoms with Gasteiger partial charge in [-0.15, -0.1) is 0 Å². The van der Waals surface area contributed by atoms with Crippen molar-refractivity contribution in [2.45, 2.75) is 18.3 Å². The molecule has 2 rings (SSSR count). The molecule has 3 atom stereocenters. The Balaban J connectivity index is 2.04. The first-order chi connectivity index (χ1) is 8.54. The van der Waals surface area contributed by atoms with Crippen LogP contribution < -0.4 is 5.73 Å². The largest absolute Gasteiger partial charge is 0.379 e. The summed E-state index contributed by atoms with van der Waals surface area (Å²) in [5.74, 6) is 2.15. The summed E-state index contributed by atoms with van der Waals surface area (Å²) in [7, 11) is -3.01. The van der Waals surface area contributed by atoms with Crippen LogP contribution in [-0.4, -0.2) is 68.3 Å². The first kappa shape index (κ1) is 14.6. The van der Waals surface area contributed by atoms with E-state index in [9.17, 15) is 8.42 Å². The third kappa shape index (κ3) is 3.19. The minimum Gasteiger partial charge on any atom is -0.379 e. The Hall–Kier alpha value is 0.180. The van der Waals surface area contributed by atoms with E-state index < -0.39 is 9.84 Å². The van der Waals surface area contributed by atoms with Crippen LogP contribution in [-0.2, 0) is 14.6 Å². The van der Waals surface area contributed by atoms with Crippen LogP contribution in [0.15, 0.2) is 0 Å². The molecule has 0 bridgehead atoms. The molecule has 0 aromatic heterocycles. The van der Waals surface area contributed by atoms with Gasteiger partial charge < -0.3 is 10.5 Å². The molecule has 2 fully saturated rings. The number of sulfone groups is 1. The van der Waals surface area contributed by atoms with Crippen molar-refractivity contribution in [3.05, 3.63) is 0 Å². The van der Waals surface area contributed by atoms with Gasteiger partial charge in [-0.1, -0.05) is 6.92 Å². The Morgan fingerprint density at radius 2 is 2.22 bits per heavy atom. The van der Waals surface area contributed by atoms with Crippen molar-refractivity contribution in [1.29, 1.82) is 0 Å². The fourth-order valence-corrected chi connectivity index (χ4v) is 5.54.